The first-order chi connectivity index (χ1) is 8.85. The number of hydrogen-bond acceptors (Lipinski definition) is 2. The van der Waals surface area contributed by atoms with Crippen LogP contribution in [0, 0.1) is 0 Å². The molecule has 0 spiro atoms. The molecular weight excluding hydrogens is 272 g/mol. The summed E-state index contributed by atoms with van der Waals surface area (Å²) >= 11 is 0. The molecule has 1 rings (SSSR count). The van der Waals surface area contributed by atoms with Crippen molar-refractivity contribution in [3.8, 4) is 0 Å². The average Bonchev–Trinajstić information content (AvgIpc) is 2.39. The summed E-state index contributed by atoms with van der Waals surface area (Å²) in [6.07, 6.45) is 1.56. The Morgan fingerprint density at radius 2 is 1.65 bits per heavy atom. The Kier molecular flexibility index (Phi) is 7.25. The molecule has 0 saturated heterocycles. The van der Waals surface area contributed by atoms with Gasteiger partial charge < -0.3 is 11.1 Å². The molecule has 1 amide bonds. The number of hydrogen-bond donors (Lipinski definition) is 2. The van der Waals surface area contributed by atoms with E-state index in [1.165, 1.54) is 0 Å². The Hall–Kier alpha value is -1.06. The number of nitrogens with two attached hydrogens (primary N) is 1. The van der Waals surface area contributed by atoms with E-state index in [1.807, 2.05) is 44.2 Å². The van der Waals surface area contributed by atoms with Gasteiger partial charge in [0.05, 0.1) is 5.41 Å². The molecule has 20 heavy (non-hydrogen) atoms. The highest BCUT2D eigenvalue weighted by Gasteiger charge is 2.36. The molecular formula is C16H27ClN2O. The van der Waals surface area contributed by atoms with E-state index in [9.17, 15) is 4.79 Å². The number of amides is 1. The first kappa shape index (κ1) is 18.9. The highest BCUT2D eigenvalue weighted by Crippen LogP contribution is 2.31. The molecule has 0 radical (unpaired) electrons. The van der Waals surface area contributed by atoms with E-state index >= 15 is 0 Å². The van der Waals surface area contributed by atoms with Crippen molar-refractivity contribution in [1.29, 1.82) is 0 Å². The van der Waals surface area contributed by atoms with Gasteiger partial charge in [-0.05, 0) is 32.3 Å². The fraction of sp³-hybridized carbons (Fsp3) is 0.562. The minimum absolute atomic E-state index is 0. The lowest BCUT2D eigenvalue weighted by Gasteiger charge is -2.32. The number of nitrogens with one attached hydrogen (secondary N) is 1. The van der Waals surface area contributed by atoms with Crippen molar-refractivity contribution >= 4 is 18.3 Å². The van der Waals surface area contributed by atoms with Crippen molar-refractivity contribution < 1.29 is 4.79 Å². The quantitative estimate of drug-likeness (QED) is 0.848. The molecule has 1 aromatic rings. The van der Waals surface area contributed by atoms with Gasteiger partial charge in [-0.1, -0.05) is 44.2 Å². The highest BCUT2D eigenvalue weighted by molar-refractivity contribution is 5.88. The van der Waals surface area contributed by atoms with Crippen molar-refractivity contribution in [3.63, 3.8) is 0 Å². The van der Waals surface area contributed by atoms with E-state index in [-0.39, 0.29) is 23.9 Å². The van der Waals surface area contributed by atoms with Crippen LogP contribution in [-0.2, 0) is 10.2 Å². The molecule has 0 saturated carbocycles. The highest BCUT2D eigenvalue weighted by atomic mass is 35.5. The van der Waals surface area contributed by atoms with Crippen molar-refractivity contribution in [3.05, 3.63) is 35.9 Å². The molecule has 3 nitrogen and oxygen atoms in total. The second kappa shape index (κ2) is 7.65. The molecule has 0 heterocycles. The molecule has 0 unspecified atom stereocenters. The van der Waals surface area contributed by atoms with Crippen LogP contribution >= 0.6 is 12.4 Å². The molecule has 0 fully saturated rings. The Balaban J connectivity index is 0.00000361. The first-order valence-electron chi connectivity index (χ1n) is 6.98. The summed E-state index contributed by atoms with van der Waals surface area (Å²) in [5.74, 6) is 0.0715. The molecule has 1 aromatic carbocycles. The maximum atomic E-state index is 12.6. The van der Waals surface area contributed by atoms with E-state index in [0.29, 0.717) is 6.54 Å². The van der Waals surface area contributed by atoms with Gasteiger partial charge in [-0.15, -0.1) is 12.4 Å². The fourth-order valence-corrected chi connectivity index (χ4v) is 2.34. The van der Waals surface area contributed by atoms with E-state index in [4.69, 9.17) is 5.73 Å². The summed E-state index contributed by atoms with van der Waals surface area (Å²) in [7, 11) is 0. The molecule has 4 heteroatoms. The number of carbonyl (C=O) groups excluding carboxylic acids is 1. The van der Waals surface area contributed by atoms with Gasteiger partial charge in [-0.2, -0.15) is 0 Å². The molecule has 3 N–H and O–H groups in total. The van der Waals surface area contributed by atoms with Gasteiger partial charge in [0.1, 0.15) is 0 Å². The van der Waals surface area contributed by atoms with E-state index in [1.54, 1.807) is 0 Å². The fourth-order valence-electron chi connectivity index (χ4n) is 2.34. The predicted molar refractivity (Wildman–Crippen MR) is 87.2 cm³/mol. The third-order valence-electron chi connectivity index (χ3n) is 3.67. The zero-order valence-corrected chi connectivity index (χ0v) is 13.7. The number of benzene rings is 1. The molecule has 0 aliphatic rings. The van der Waals surface area contributed by atoms with Crippen molar-refractivity contribution in [1.82, 2.24) is 5.32 Å². The van der Waals surface area contributed by atoms with Gasteiger partial charge in [0.25, 0.3) is 0 Å². The van der Waals surface area contributed by atoms with Crippen LogP contribution in [0.3, 0.4) is 0 Å². The summed E-state index contributed by atoms with van der Waals surface area (Å²) in [5.41, 5.74) is 6.17. The summed E-state index contributed by atoms with van der Waals surface area (Å²) in [5, 5.41) is 3.00. The summed E-state index contributed by atoms with van der Waals surface area (Å²) in [6.45, 7) is 8.43. The lowest BCUT2D eigenvalue weighted by atomic mass is 9.75. The van der Waals surface area contributed by atoms with E-state index in [2.05, 4.69) is 19.2 Å². The summed E-state index contributed by atoms with van der Waals surface area (Å²) < 4.78 is 0. The van der Waals surface area contributed by atoms with E-state index in [0.717, 1.165) is 18.4 Å². The molecule has 0 aliphatic heterocycles. The van der Waals surface area contributed by atoms with Gasteiger partial charge in [-0.25, -0.2) is 0 Å². The molecule has 114 valence electrons. The smallest absolute Gasteiger partial charge is 0.230 e. The predicted octanol–water partition coefficient (Wildman–Crippen LogP) is 3.02. The van der Waals surface area contributed by atoms with Crippen LogP contribution in [-0.4, -0.2) is 18.0 Å². The third-order valence-corrected chi connectivity index (χ3v) is 3.67. The molecule has 0 aliphatic carbocycles. The normalized spacial score (nSPS) is 11.7. The van der Waals surface area contributed by atoms with Crippen molar-refractivity contribution in [2.75, 3.05) is 6.54 Å². The number of carbonyl (C=O) groups is 1. The van der Waals surface area contributed by atoms with Crippen LogP contribution in [0.25, 0.3) is 0 Å². The van der Waals surface area contributed by atoms with Gasteiger partial charge in [0.2, 0.25) is 5.91 Å². The minimum Gasteiger partial charge on any atom is -0.354 e. The lowest BCUT2D eigenvalue weighted by molar-refractivity contribution is -0.127. The van der Waals surface area contributed by atoms with Crippen LogP contribution in [0.2, 0.25) is 0 Å². The monoisotopic (exact) mass is 298 g/mol. The standard InChI is InChI=1S/C16H26N2O.ClH/c1-5-16(6-2,13-10-8-7-9-11-13)14(19)18-12-15(3,4)17;/h7-11H,5-6,12,17H2,1-4H3,(H,18,19);1H. The van der Waals surface area contributed by atoms with Gasteiger partial charge in [-0.3, -0.25) is 4.79 Å². The SMILES string of the molecule is CCC(CC)(C(=O)NCC(C)(C)N)c1ccccc1.Cl. The van der Waals surface area contributed by atoms with Crippen molar-refractivity contribution in [2.24, 2.45) is 5.73 Å². The zero-order valence-electron chi connectivity index (χ0n) is 12.9. The van der Waals surface area contributed by atoms with Gasteiger partial charge in [0, 0.05) is 12.1 Å². The average molecular weight is 299 g/mol. The second-order valence-corrected chi connectivity index (χ2v) is 5.83. The van der Waals surface area contributed by atoms with Crippen molar-refractivity contribution in [2.45, 2.75) is 51.5 Å². The molecule has 0 bridgehead atoms. The Bertz CT molecular complexity index is 408. The Morgan fingerprint density at radius 3 is 2.05 bits per heavy atom. The second-order valence-electron chi connectivity index (χ2n) is 5.83. The van der Waals surface area contributed by atoms with Gasteiger partial charge >= 0.3 is 0 Å². The maximum Gasteiger partial charge on any atom is 0.230 e. The topological polar surface area (TPSA) is 55.1 Å². The third kappa shape index (κ3) is 4.50. The Morgan fingerprint density at radius 1 is 1.15 bits per heavy atom. The lowest BCUT2D eigenvalue weighted by Crippen LogP contribution is -2.51. The summed E-state index contributed by atoms with van der Waals surface area (Å²) in [4.78, 5) is 12.6. The van der Waals surface area contributed by atoms with Crippen LogP contribution < -0.4 is 11.1 Å². The largest absolute Gasteiger partial charge is 0.354 e. The zero-order chi connectivity index (χ0) is 14.5. The van der Waals surface area contributed by atoms with E-state index < -0.39 is 5.41 Å². The first-order valence-corrected chi connectivity index (χ1v) is 6.98. The minimum atomic E-state index is -0.452. The molecule has 0 aromatic heterocycles. The van der Waals surface area contributed by atoms with Crippen LogP contribution in [0.5, 0.6) is 0 Å². The van der Waals surface area contributed by atoms with Crippen LogP contribution in [0.4, 0.5) is 0 Å². The number of halogens is 1. The van der Waals surface area contributed by atoms with Crippen LogP contribution in [0.1, 0.15) is 46.1 Å². The summed E-state index contributed by atoms with van der Waals surface area (Å²) in [6, 6.07) is 9.99. The Labute approximate surface area is 128 Å². The molecule has 0 atom stereocenters. The number of rotatable bonds is 6. The maximum absolute atomic E-state index is 12.6. The van der Waals surface area contributed by atoms with Gasteiger partial charge in [0.15, 0.2) is 0 Å². The van der Waals surface area contributed by atoms with Crippen LogP contribution in [0.15, 0.2) is 30.3 Å².